The average molecular weight is 194 g/mol. The maximum absolute atomic E-state index is 9.21. The van der Waals surface area contributed by atoms with Crippen molar-refractivity contribution in [2.24, 2.45) is 0 Å². The molecule has 1 fully saturated rings. The summed E-state index contributed by atoms with van der Waals surface area (Å²) in [7, 11) is 0. The lowest BCUT2D eigenvalue weighted by Gasteiger charge is -2.17. The van der Waals surface area contributed by atoms with E-state index in [0.29, 0.717) is 0 Å². The summed E-state index contributed by atoms with van der Waals surface area (Å²) < 4.78 is 0. The Morgan fingerprint density at radius 2 is 1.42 bits per heavy atom. The summed E-state index contributed by atoms with van der Waals surface area (Å²) in [5.74, 6) is 0. The van der Waals surface area contributed by atoms with Crippen molar-refractivity contribution in [1.82, 2.24) is 9.80 Å². The number of aliphatic hydroxyl groups excluding tert-OH is 4. The fraction of sp³-hybridized carbons (Fsp3) is 0.800. The van der Waals surface area contributed by atoms with E-state index in [4.69, 9.17) is 22.4 Å². The molecule has 0 aromatic carbocycles. The van der Waals surface area contributed by atoms with Crippen LogP contribution in [0, 0.1) is 0 Å². The van der Waals surface area contributed by atoms with Crippen molar-refractivity contribution in [3.05, 3.63) is 0 Å². The zero-order valence-electron chi connectivity index (χ0n) is 6.16. The van der Waals surface area contributed by atoms with Gasteiger partial charge in [-0.25, -0.2) is 0 Å². The molecule has 0 spiro atoms. The van der Waals surface area contributed by atoms with Crippen LogP contribution in [0.4, 0.5) is 0 Å². The van der Waals surface area contributed by atoms with Crippen LogP contribution in [0.15, 0.2) is 0 Å². The minimum atomic E-state index is -1.28. The van der Waals surface area contributed by atoms with Crippen LogP contribution in [-0.2, 0) is 0 Å². The van der Waals surface area contributed by atoms with Gasteiger partial charge in [-0.2, -0.15) is 0 Å². The lowest BCUT2D eigenvalue weighted by molar-refractivity contribution is -0.0924. The van der Waals surface area contributed by atoms with Gasteiger partial charge in [0.2, 0.25) is 0 Å². The molecule has 0 aromatic heterocycles. The zero-order chi connectivity index (χ0) is 9.30. The van der Waals surface area contributed by atoms with E-state index in [1.165, 1.54) is 0 Å². The Bertz CT molecular complexity index is 172. The fourth-order valence-corrected chi connectivity index (χ4v) is 1.33. The molecule has 6 nitrogen and oxygen atoms in total. The predicted molar refractivity (Wildman–Crippen MR) is 42.5 cm³/mol. The van der Waals surface area contributed by atoms with Crippen LogP contribution in [-0.4, -0.2) is 61.3 Å². The van der Waals surface area contributed by atoms with Crippen LogP contribution in [0.2, 0.25) is 0 Å². The molecular weight excluding hydrogens is 184 g/mol. The van der Waals surface area contributed by atoms with E-state index in [1.54, 1.807) is 0 Å². The summed E-state index contributed by atoms with van der Waals surface area (Å²) in [6, 6.07) is 0. The molecule has 1 saturated heterocycles. The number of rotatable bonds is 2. The van der Waals surface area contributed by atoms with Crippen molar-refractivity contribution in [2.75, 3.05) is 13.5 Å². The minimum absolute atomic E-state index is 0.0278. The van der Waals surface area contributed by atoms with E-state index in [-0.39, 0.29) is 5.11 Å². The molecule has 0 amide bonds. The molecular formula is C5H10N2O4S. The maximum Gasteiger partial charge on any atom is 0.179 e. The number of thiocarbonyl (C=S) groups is 1. The summed E-state index contributed by atoms with van der Waals surface area (Å²) in [4.78, 5) is 1.99. The molecule has 7 heteroatoms. The summed E-state index contributed by atoms with van der Waals surface area (Å²) in [6.07, 6.45) is -2.57. The van der Waals surface area contributed by atoms with Crippen LogP contribution in [0.25, 0.3) is 0 Å². The van der Waals surface area contributed by atoms with Crippen molar-refractivity contribution in [3.63, 3.8) is 0 Å². The van der Waals surface area contributed by atoms with Gasteiger partial charge in [0.05, 0.1) is 0 Å². The topological polar surface area (TPSA) is 87.4 Å². The summed E-state index contributed by atoms with van der Waals surface area (Å²) in [6.45, 7) is -0.985. The highest BCUT2D eigenvalue weighted by atomic mass is 32.1. The van der Waals surface area contributed by atoms with Crippen LogP contribution < -0.4 is 0 Å². The molecule has 70 valence electrons. The van der Waals surface area contributed by atoms with Crippen molar-refractivity contribution in [1.29, 1.82) is 0 Å². The molecule has 1 rings (SSSR count). The second kappa shape index (κ2) is 3.50. The van der Waals surface area contributed by atoms with Crippen molar-refractivity contribution >= 4 is 17.3 Å². The molecule has 12 heavy (non-hydrogen) atoms. The highest BCUT2D eigenvalue weighted by Gasteiger charge is 2.40. The summed E-state index contributed by atoms with van der Waals surface area (Å²) in [5.41, 5.74) is 0. The molecule has 1 aliphatic heterocycles. The minimum Gasteiger partial charge on any atom is -0.376 e. The summed E-state index contributed by atoms with van der Waals surface area (Å²) >= 11 is 4.73. The average Bonchev–Trinajstić information content (AvgIpc) is 2.25. The number of aliphatic hydroxyl groups is 4. The van der Waals surface area contributed by atoms with Crippen LogP contribution in [0.3, 0.4) is 0 Å². The molecule has 4 N–H and O–H groups in total. The van der Waals surface area contributed by atoms with Gasteiger partial charge < -0.3 is 20.4 Å². The van der Waals surface area contributed by atoms with Gasteiger partial charge in [-0.1, -0.05) is 0 Å². The Balaban J connectivity index is 2.78. The fourth-order valence-electron chi connectivity index (χ4n) is 1.00. The smallest absolute Gasteiger partial charge is 0.179 e. The van der Waals surface area contributed by atoms with Gasteiger partial charge in [-0.3, -0.25) is 9.80 Å². The highest BCUT2D eigenvalue weighted by Crippen LogP contribution is 2.17. The van der Waals surface area contributed by atoms with E-state index in [1.807, 2.05) is 0 Å². The van der Waals surface area contributed by atoms with Crippen LogP contribution in [0.1, 0.15) is 0 Å². The SMILES string of the molecule is OCN1C(=S)N(CO)C(O)C1O. The van der Waals surface area contributed by atoms with E-state index in [0.717, 1.165) is 9.80 Å². The van der Waals surface area contributed by atoms with Crippen molar-refractivity contribution < 1.29 is 20.4 Å². The van der Waals surface area contributed by atoms with Gasteiger partial charge in [-0.05, 0) is 12.2 Å². The second-order valence-corrected chi connectivity index (χ2v) is 2.70. The first-order valence-electron chi connectivity index (χ1n) is 3.28. The molecule has 2 unspecified atom stereocenters. The lowest BCUT2D eigenvalue weighted by atomic mass is 10.5. The molecule has 0 aliphatic carbocycles. The highest BCUT2D eigenvalue weighted by molar-refractivity contribution is 7.80. The van der Waals surface area contributed by atoms with Crippen LogP contribution in [0.5, 0.6) is 0 Å². The zero-order valence-corrected chi connectivity index (χ0v) is 6.98. The summed E-state index contributed by atoms with van der Waals surface area (Å²) in [5, 5.41) is 35.8. The number of hydrogen-bond donors (Lipinski definition) is 4. The van der Waals surface area contributed by atoms with E-state index in [9.17, 15) is 10.2 Å². The van der Waals surface area contributed by atoms with E-state index >= 15 is 0 Å². The monoisotopic (exact) mass is 194 g/mol. The van der Waals surface area contributed by atoms with Gasteiger partial charge in [0, 0.05) is 0 Å². The molecule has 0 saturated carbocycles. The first-order chi connectivity index (χ1) is 5.63. The van der Waals surface area contributed by atoms with Gasteiger partial charge in [0.1, 0.15) is 13.5 Å². The predicted octanol–water partition coefficient (Wildman–Crippen LogP) is -2.57. The number of hydrogen-bond acceptors (Lipinski definition) is 5. The molecule has 2 atom stereocenters. The van der Waals surface area contributed by atoms with Gasteiger partial charge in [0.15, 0.2) is 17.6 Å². The third kappa shape index (κ3) is 1.25. The third-order valence-corrected chi connectivity index (χ3v) is 2.17. The Kier molecular flexibility index (Phi) is 2.80. The Hall–Kier alpha value is -0.470. The molecule has 0 aromatic rings. The normalized spacial score (nSPS) is 30.2. The first kappa shape index (κ1) is 9.62. The van der Waals surface area contributed by atoms with E-state index < -0.39 is 25.9 Å². The van der Waals surface area contributed by atoms with Gasteiger partial charge >= 0.3 is 0 Å². The maximum atomic E-state index is 9.21. The van der Waals surface area contributed by atoms with Crippen molar-refractivity contribution in [3.8, 4) is 0 Å². The second-order valence-electron chi connectivity index (χ2n) is 2.33. The quantitative estimate of drug-likeness (QED) is 0.359. The molecule has 1 aliphatic rings. The van der Waals surface area contributed by atoms with E-state index in [2.05, 4.69) is 0 Å². The Morgan fingerprint density at radius 3 is 1.58 bits per heavy atom. The first-order valence-corrected chi connectivity index (χ1v) is 3.69. The molecule has 0 radical (unpaired) electrons. The van der Waals surface area contributed by atoms with Crippen molar-refractivity contribution in [2.45, 2.75) is 12.5 Å². The molecule has 0 bridgehead atoms. The third-order valence-electron chi connectivity index (χ3n) is 1.70. The molecule has 1 heterocycles. The van der Waals surface area contributed by atoms with Gasteiger partial charge in [-0.15, -0.1) is 0 Å². The Labute approximate surface area is 74.2 Å². The lowest BCUT2D eigenvalue weighted by Crippen LogP contribution is -2.37. The standard InChI is InChI=1S/C5H10N2O4S/c8-1-6-3(10)4(11)7(2-9)5(6)12/h3-4,8-11H,1-2H2. The Morgan fingerprint density at radius 1 is 1.08 bits per heavy atom. The van der Waals surface area contributed by atoms with Gasteiger partial charge in [0.25, 0.3) is 0 Å². The largest absolute Gasteiger partial charge is 0.376 e. The number of nitrogens with zero attached hydrogens (tertiary/aromatic N) is 2. The van der Waals surface area contributed by atoms with Crippen LogP contribution >= 0.6 is 12.2 Å².